The molecule has 0 saturated carbocycles. The van der Waals surface area contributed by atoms with Crippen LogP contribution in [0.2, 0.25) is 0 Å². The highest BCUT2D eigenvalue weighted by atomic mass is 19.1. The van der Waals surface area contributed by atoms with E-state index in [-0.39, 0.29) is 24.2 Å². The molecule has 2 heterocycles. The van der Waals surface area contributed by atoms with Crippen LogP contribution in [0.15, 0.2) is 53.7 Å². The van der Waals surface area contributed by atoms with Crippen molar-refractivity contribution < 1.29 is 14.0 Å². The van der Waals surface area contributed by atoms with E-state index >= 15 is 0 Å². The van der Waals surface area contributed by atoms with Crippen molar-refractivity contribution in [2.75, 3.05) is 26.2 Å². The molecule has 4 rings (SSSR count). The number of benzene rings is 2. The van der Waals surface area contributed by atoms with Crippen LogP contribution in [-0.2, 0) is 6.42 Å². The van der Waals surface area contributed by atoms with E-state index in [2.05, 4.69) is 20.6 Å². The fraction of sp³-hybridized carbons (Fsp3) is 0.261. The highest BCUT2D eigenvalue weighted by molar-refractivity contribution is 6.21. The summed E-state index contributed by atoms with van der Waals surface area (Å²) in [6.45, 7) is 3.84. The molecule has 3 N–H and O–H groups in total. The summed E-state index contributed by atoms with van der Waals surface area (Å²) in [4.78, 5) is 33.8. The summed E-state index contributed by atoms with van der Waals surface area (Å²) in [7, 11) is 0. The highest BCUT2D eigenvalue weighted by Gasteiger charge is 2.34. The number of fused-ring (bicyclic) bond motifs is 2. The van der Waals surface area contributed by atoms with Gasteiger partial charge in [0.2, 0.25) is 0 Å². The van der Waals surface area contributed by atoms with Crippen LogP contribution in [0.1, 0.15) is 33.2 Å². The van der Waals surface area contributed by atoms with E-state index in [1.165, 1.54) is 17.0 Å². The predicted molar refractivity (Wildman–Crippen MR) is 118 cm³/mol. The molecule has 8 heteroatoms. The molecule has 0 spiro atoms. The Morgan fingerprint density at radius 3 is 2.55 bits per heavy atom. The Balaban J connectivity index is 1.33. The first-order chi connectivity index (χ1) is 15.1. The summed E-state index contributed by atoms with van der Waals surface area (Å²) >= 11 is 0. The monoisotopic (exact) mass is 421 g/mol. The summed E-state index contributed by atoms with van der Waals surface area (Å²) in [6, 6.07) is 11.6. The number of aromatic nitrogens is 1. The first kappa shape index (κ1) is 20.6. The Kier molecular flexibility index (Phi) is 5.97. The number of aromatic amines is 1. The van der Waals surface area contributed by atoms with Crippen molar-refractivity contribution >= 4 is 28.7 Å². The van der Waals surface area contributed by atoms with Crippen LogP contribution in [0, 0.1) is 5.82 Å². The normalized spacial score (nSPS) is 13.7. The maximum absolute atomic E-state index is 13.3. The van der Waals surface area contributed by atoms with Crippen molar-refractivity contribution in [1.82, 2.24) is 20.5 Å². The third-order valence-corrected chi connectivity index (χ3v) is 5.23. The Morgan fingerprint density at radius 1 is 1.10 bits per heavy atom. The van der Waals surface area contributed by atoms with E-state index in [0.29, 0.717) is 43.1 Å². The van der Waals surface area contributed by atoms with Gasteiger partial charge >= 0.3 is 0 Å². The van der Waals surface area contributed by atoms with Crippen LogP contribution in [-0.4, -0.2) is 53.8 Å². The summed E-state index contributed by atoms with van der Waals surface area (Å²) in [5, 5.41) is 7.33. The number of halogens is 1. The van der Waals surface area contributed by atoms with E-state index in [1.807, 2.05) is 13.1 Å². The van der Waals surface area contributed by atoms with Gasteiger partial charge in [0.15, 0.2) is 5.96 Å². The number of nitrogens with zero attached hydrogens (tertiary/aromatic N) is 2. The van der Waals surface area contributed by atoms with Gasteiger partial charge < -0.3 is 15.6 Å². The molecular formula is C23H24FN5O2. The van der Waals surface area contributed by atoms with Crippen molar-refractivity contribution in [2.24, 2.45) is 4.99 Å². The van der Waals surface area contributed by atoms with Crippen molar-refractivity contribution in [3.8, 4) is 0 Å². The summed E-state index contributed by atoms with van der Waals surface area (Å²) < 4.78 is 13.3. The average Bonchev–Trinajstić information content (AvgIpc) is 3.27. The molecule has 7 nitrogen and oxygen atoms in total. The average molecular weight is 421 g/mol. The number of aliphatic imine (C=N–C) groups is 1. The molecule has 0 bridgehead atoms. The third kappa shape index (κ3) is 4.28. The van der Waals surface area contributed by atoms with Crippen LogP contribution in [0.5, 0.6) is 0 Å². The van der Waals surface area contributed by atoms with Crippen molar-refractivity contribution in [3.05, 3.63) is 71.2 Å². The fourth-order valence-electron chi connectivity index (χ4n) is 3.72. The Bertz CT molecular complexity index is 1120. The number of nitrogens with one attached hydrogen (secondary N) is 3. The predicted octanol–water partition coefficient (Wildman–Crippen LogP) is 2.70. The lowest BCUT2D eigenvalue weighted by atomic mass is 10.1. The number of guanidine groups is 1. The zero-order valence-corrected chi connectivity index (χ0v) is 17.2. The first-order valence-corrected chi connectivity index (χ1v) is 10.3. The van der Waals surface area contributed by atoms with Crippen LogP contribution >= 0.6 is 0 Å². The minimum absolute atomic E-state index is 0.255. The van der Waals surface area contributed by atoms with E-state index in [4.69, 9.17) is 0 Å². The number of hydrogen-bond donors (Lipinski definition) is 3. The maximum Gasteiger partial charge on any atom is 0.261 e. The van der Waals surface area contributed by atoms with Gasteiger partial charge in [-0.25, -0.2) is 4.39 Å². The quantitative estimate of drug-likeness (QED) is 0.311. The second-order valence-corrected chi connectivity index (χ2v) is 7.25. The number of amides is 2. The van der Waals surface area contributed by atoms with Crippen LogP contribution in [0.3, 0.4) is 0 Å². The molecule has 0 radical (unpaired) electrons. The number of H-pyrrole nitrogens is 1. The molecule has 3 aromatic rings. The molecule has 0 aliphatic carbocycles. The standard InChI is InChI=1S/C23H24FN5O2/c1-2-25-23(26-10-9-15-14-28-20-13-16(24)7-8-17(15)20)27-11-12-29-21(30)18-5-3-4-6-19(18)22(29)31/h3-8,13-14,28H,2,9-12H2,1H3,(H2,25,26,27). The lowest BCUT2D eigenvalue weighted by Crippen LogP contribution is -2.43. The lowest BCUT2D eigenvalue weighted by Gasteiger charge is -2.16. The zero-order valence-electron chi connectivity index (χ0n) is 17.2. The van der Waals surface area contributed by atoms with Crippen molar-refractivity contribution in [3.63, 3.8) is 0 Å². The third-order valence-electron chi connectivity index (χ3n) is 5.23. The number of carbonyl (C=O) groups is 2. The Morgan fingerprint density at radius 2 is 1.84 bits per heavy atom. The Labute approximate surface area is 179 Å². The molecular weight excluding hydrogens is 397 g/mol. The molecule has 1 aromatic heterocycles. The largest absolute Gasteiger partial charge is 0.361 e. The van der Waals surface area contributed by atoms with Crippen molar-refractivity contribution in [1.29, 1.82) is 0 Å². The van der Waals surface area contributed by atoms with Gasteiger partial charge in [-0.1, -0.05) is 12.1 Å². The lowest BCUT2D eigenvalue weighted by molar-refractivity contribution is 0.0657. The zero-order chi connectivity index (χ0) is 21.8. The molecule has 2 amide bonds. The van der Waals surface area contributed by atoms with E-state index in [0.717, 1.165) is 16.5 Å². The van der Waals surface area contributed by atoms with Gasteiger partial charge in [0, 0.05) is 43.3 Å². The minimum Gasteiger partial charge on any atom is -0.361 e. The number of rotatable bonds is 7. The molecule has 31 heavy (non-hydrogen) atoms. The van der Waals surface area contributed by atoms with Gasteiger partial charge in [0.25, 0.3) is 11.8 Å². The SMILES string of the molecule is CCNC(=NCCc1c[nH]c2cc(F)ccc12)NCCN1C(=O)c2ccccc2C1=O. The van der Waals surface area contributed by atoms with Crippen LogP contribution < -0.4 is 10.6 Å². The summed E-state index contributed by atoms with van der Waals surface area (Å²) in [5.74, 6) is -0.180. The van der Waals surface area contributed by atoms with Gasteiger partial charge in [-0.05, 0) is 49.2 Å². The number of imide groups is 1. The number of carbonyl (C=O) groups excluding carboxylic acids is 2. The van der Waals surface area contributed by atoms with Crippen LogP contribution in [0.4, 0.5) is 4.39 Å². The molecule has 2 aromatic carbocycles. The summed E-state index contributed by atoms with van der Waals surface area (Å²) in [5.41, 5.74) is 2.74. The van der Waals surface area contributed by atoms with Crippen LogP contribution in [0.25, 0.3) is 10.9 Å². The van der Waals surface area contributed by atoms with Gasteiger partial charge in [0.1, 0.15) is 5.82 Å². The molecule has 0 saturated heterocycles. The van der Waals surface area contributed by atoms with E-state index in [1.54, 1.807) is 30.3 Å². The molecule has 0 atom stereocenters. The second kappa shape index (κ2) is 8.99. The smallest absolute Gasteiger partial charge is 0.261 e. The molecule has 0 unspecified atom stereocenters. The maximum atomic E-state index is 13.3. The minimum atomic E-state index is -0.268. The topological polar surface area (TPSA) is 89.6 Å². The van der Waals surface area contributed by atoms with Crippen molar-refractivity contribution in [2.45, 2.75) is 13.3 Å². The van der Waals surface area contributed by atoms with Gasteiger partial charge in [-0.3, -0.25) is 19.5 Å². The second-order valence-electron chi connectivity index (χ2n) is 7.25. The fourth-order valence-corrected chi connectivity index (χ4v) is 3.72. The molecule has 0 fully saturated rings. The summed E-state index contributed by atoms with van der Waals surface area (Å²) in [6.07, 6.45) is 2.57. The Hall–Kier alpha value is -3.68. The first-order valence-electron chi connectivity index (χ1n) is 10.3. The molecule has 1 aliphatic heterocycles. The highest BCUT2D eigenvalue weighted by Crippen LogP contribution is 2.22. The van der Waals surface area contributed by atoms with E-state index < -0.39 is 0 Å². The van der Waals surface area contributed by atoms with Gasteiger partial charge in [-0.15, -0.1) is 0 Å². The van der Waals surface area contributed by atoms with Gasteiger partial charge in [0.05, 0.1) is 11.1 Å². The molecule has 1 aliphatic rings. The molecule has 160 valence electrons. The van der Waals surface area contributed by atoms with E-state index in [9.17, 15) is 14.0 Å². The number of hydrogen-bond acceptors (Lipinski definition) is 3. The van der Waals surface area contributed by atoms with Gasteiger partial charge in [-0.2, -0.15) is 0 Å².